The smallest absolute Gasteiger partial charge is 0.269 e. The zero-order chi connectivity index (χ0) is 18.1. The zero-order valence-corrected chi connectivity index (χ0v) is 14.9. The van der Waals surface area contributed by atoms with Crippen LogP contribution in [0.3, 0.4) is 0 Å². The van der Waals surface area contributed by atoms with Gasteiger partial charge in [-0.1, -0.05) is 13.8 Å². The van der Waals surface area contributed by atoms with E-state index in [1.807, 2.05) is 13.8 Å². The van der Waals surface area contributed by atoms with Crippen LogP contribution in [0.25, 0.3) is 0 Å². The van der Waals surface area contributed by atoms with Crippen LogP contribution < -0.4 is 0 Å². The number of sulfonamides is 1. The van der Waals surface area contributed by atoms with Crippen molar-refractivity contribution in [2.45, 2.75) is 44.5 Å². The SMILES string of the molecule is CC(C)COC1COC(C)(C)N1S(=O)(=O)c1ccc([N+](=O)[O-])cc1. The summed E-state index contributed by atoms with van der Waals surface area (Å²) in [5, 5.41) is 10.7. The number of hydrogen-bond acceptors (Lipinski definition) is 6. The first kappa shape index (κ1) is 18.8. The highest BCUT2D eigenvalue weighted by Gasteiger charge is 2.49. The van der Waals surface area contributed by atoms with Crippen LogP contribution in [0.15, 0.2) is 29.2 Å². The molecule has 1 heterocycles. The van der Waals surface area contributed by atoms with Gasteiger partial charge in [0.15, 0.2) is 6.23 Å². The first-order valence-electron chi connectivity index (χ1n) is 7.60. The topological polar surface area (TPSA) is 99.0 Å². The number of nitro groups is 1. The van der Waals surface area contributed by atoms with Crippen LogP contribution in [0.2, 0.25) is 0 Å². The van der Waals surface area contributed by atoms with Crippen molar-refractivity contribution in [1.29, 1.82) is 0 Å². The van der Waals surface area contributed by atoms with Gasteiger partial charge in [0.25, 0.3) is 5.69 Å². The molecule has 1 aliphatic rings. The molecule has 0 spiro atoms. The van der Waals surface area contributed by atoms with Crippen LogP contribution in [0.4, 0.5) is 5.69 Å². The van der Waals surface area contributed by atoms with E-state index in [4.69, 9.17) is 9.47 Å². The molecular formula is C15H22N2O6S. The fraction of sp³-hybridized carbons (Fsp3) is 0.600. The van der Waals surface area contributed by atoms with Crippen LogP contribution in [0.5, 0.6) is 0 Å². The number of hydrogen-bond donors (Lipinski definition) is 0. The van der Waals surface area contributed by atoms with E-state index in [2.05, 4.69) is 0 Å². The molecule has 134 valence electrons. The maximum absolute atomic E-state index is 13.0. The average molecular weight is 358 g/mol. The Labute approximate surface area is 141 Å². The van der Waals surface area contributed by atoms with Crippen molar-refractivity contribution in [2.75, 3.05) is 13.2 Å². The van der Waals surface area contributed by atoms with Gasteiger partial charge >= 0.3 is 0 Å². The summed E-state index contributed by atoms with van der Waals surface area (Å²) in [6.45, 7) is 7.76. The normalized spacial score (nSPS) is 21.3. The Morgan fingerprint density at radius 3 is 2.46 bits per heavy atom. The third kappa shape index (κ3) is 3.75. The summed E-state index contributed by atoms with van der Waals surface area (Å²) in [4.78, 5) is 10.1. The minimum absolute atomic E-state index is 0.0372. The molecule has 24 heavy (non-hydrogen) atoms. The number of ether oxygens (including phenoxy) is 2. The summed E-state index contributed by atoms with van der Waals surface area (Å²) in [5.74, 6) is 0.248. The molecule has 1 aromatic carbocycles. The molecular weight excluding hydrogens is 336 g/mol. The van der Waals surface area contributed by atoms with Gasteiger partial charge in [0.2, 0.25) is 10.0 Å². The summed E-state index contributed by atoms with van der Waals surface area (Å²) < 4.78 is 38.4. The van der Waals surface area contributed by atoms with E-state index in [1.54, 1.807) is 13.8 Å². The summed E-state index contributed by atoms with van der Waals surface area (Å²) in [6, 6.07) is 4.78. The quantitative estimate of drug-likeness (QED) is 0.572. The molecule has 2 rings (SSSR count). The molecule has 1 atom stereocenters. The molecule has 0 aliphatic carbocycles. The van der Waals surface area contributed by atoms with Crippen LogP contribution in [0.1, 0.15) is 27.7 Å². The standard InChI is InChI=1S/C15H22N2O6S/c1-11(2)9-22-14-10-23-15(3,4)16(14)24(20,21)13-7-5-12(6-8-13)17(18)19/h5-8,11,14H,9-10H2,1-4H3. The van der Waals surface area contributed by atoms with Crippen LogP contribution in [-0.4, -0.2) is 42.8 Å². The van der Waals surface area contributed by atoms with Crippen molar-refractivity contribution in [3.63, 3.8) is 0 Å². The van der Waals surface area contributed by atoms with Gasteiger partial charge in [0.05, 0.1) is 23.0 Å². The second-order valence-electron chi connectivity index (χ2n) is 6.49. The highest BCUT2D eigenvalue weighted by atomic mass is 32.2. The Hall–Kier alpha value is -1.55. The monoisotopic (exact) mass is 358 g/mol. The van der Waals surface area contributed by atoms with E-state index in [9.17, 15) is 18.5 Å². The van der Waals surface area contributed by atoms with Gasteiger partial charge in [-0.2, -0.15) is 0 Å². The van der Waals surface area contributed by atoms with Gasteiger partial charge in [-0.05, 0) is 31.9 Å². The second-order valence-corrected chi connectivity index (χ2v) is 8.31. The van der Waals surface area contributed by atoms with Crippen molar-refractivity contribution in [1.82, 2.24) is 4.31 Å². The van der Waals surface area contributed by atoms with Crippen LogP contribution in [0, 0.1) is 16.0 Å². The lowest BCUT2D eigenvalue weighted by Crippen LogP contribution is -2.48. The lowest BCUT2D eigenvalue weighted by Gasteiger charge is -2.32. The van der Waals surface area contributed by atoms with Crippen LogP contribution >= 0.6 is 0 Å². The maximum Gasteiger partial charge on any atom is 0.269 e. The molecule has 8 nitrogen and oxygen atoms in total. The van der Waals surface area contributed by atoms with Crippen molar-refractivity contribution in [3.05, 3.63) is 34.4 Å². The van der Waals surface area contributed by atoms with Gasteiger partial charge in [-0.25, -0.2) is 8.42 Å². The molecule has 0 amide bonds. The van der Waals surface area contributed by atoms with Crippen LogP contribution in [-0.2, 0) is 19.5 Å². The highest BCUT2D eigenvalue weighted by Crippen LogP contribution is 2.34. The molecule has 0 radical (unpaired) electrons. The molecule has 1 unspecified atom stereocenters. The predicted molar refractivity (Wildman–Crippen MR) is 86.7 cm³/mol. The molecule has 0 saturated carbocycles. The number of nitro benzene ring substituents is 1. The zero-order valence-electron chi connectivity index (χ0n) is 14.1. The molecule has 1 aliphatic heterocycles. The second kappa shape index (κ2) is 6.75. The average Bonchev–Trinajstić information content (AvgIpc) is 2.80. The first-order valence-corrected chi connectivity index (χ1v) is 9.04. The van der Waals surface area contributed by atoms with Crippen molar-refractivity contribution < 1.29 is 22.8 Å². The minimum atomic E-state index is -3.93. The van der Waals surface area contributed by atoms with E-state index in [0.717, 1.165) is 0 Å². The molecule has 1 fully saturated rings. The number of benzene rings is 1. The Morgan fingerprint density at radius 2 is 1.96 bits per heavy atom. The number of rotatable bonds is 6. The summed E-state index contributed by atoms with van der Waals surface area (Å²) in [7, 11) is -3.93. The first-order chi connectivity index (χ1) is 11.1. The van der Waals surface area contributed by atoms with Gasteiger partial charge in [-0.15, -0.1) is 4.31 Å². The van der Waals surface area contributed by atoms with Gasteiger partial charge in [0, 0.05) is 12.1 Å². The predicted octanol–water partition coefficient (Wildman–Crippen LogP) is 2.35. The van der Waals surface area contributed by atoms with E-state index in [-0.39, 0.29) is 23.1 Å². The lowest BCUT2D eigenvalue weighted by atomic mass is 10.2. The number of non-ortho nitro benzene ring substituents is 1. The third-order valence-electron chi connectivity index (χ3n) is 3.60. The van der Waals surface area contributed by atoms with Crippen molar-refractivity contribution in [3.8, 4) is 0 Å². The van der Waals surface area contributed by atoms with Gasteiger partial charge < -0.3 is 9.47 Å². The molecule has 0 bridgehead atoms. The van der Waals surface area contributed by atoms with E-state index >= 15 is 0 Å². The number of nitrogens with zero attached hydrogens (tertiary/aromatic N) is 2. The Kier molecular flexibility index (Phi) is 5.28. The Bertz CT molecular complexity index is 699. The fourth-order valence-electron chi connectivity index (χ4n) is 2.47. The fourth-order valence-corrected chi connectivity index (χ4v) is 4.24. The summed E-state index contributed by atoms with van der Waals surface area (Å²) in [5.41, 5.74) is -1.24. The third-order valence-corrected chi connectivity index (χ3v) is 5.66. The van der Waals surface area contributed by atoms with E-state index in [0.29, 0.717) is 6.61 Å². The van der Waals surface area contributed by atoms with Crippen molar-refractivity contribution >= 4 is 15.7 Å². The Morgan fingerprint density at radius 1 is 1.38 bits per heavy atom. The van der Waals surface area contributed by atoms with E-state index in [1.165, 1.54) is 28.6 Å². The van der Waals surface area contributed by atoms with Gasteiger partial charge in [0.1, 0.15) is 5.72 Å². The van der Waals surface area contributed by atoms with Crippen molar-refractivity contribution in [2.24, 2.45) is 5.92 Å². The van der Waals surface area contributed by atoms with E-state index < -0.39 is 26.9 Å². The summed E-state index contributed by atoms with van der Waals surface area (Å²) >= 11 is 0. The lowest BCUT2D eigenvalue weighted by molar-refractivity contribution is -0.384. The maximum atomic E-state index is 13.0. The highest BCUT2D eigenvalue weighted by molar-refractivity contribution is 7.89. The molecule has 0 N–H and O–H groups in total. The molecule has 1 saturated heterocycles. The molecule has 0 aromatic heterocycles. The van der Waals surface area contributed by atoms with Gasteiger partial charge in [-0.3, -0.25) is 10.1 Å². The largest absolute Gasteiger partial charge is 0.359 e. The summed E-state index contributed by atoms with van der Waals surface area (Å²) in [6.07, 6.45) is -0.734. The molecule has 9 heteroatoms. The minimum Gasteiger partial charge on any atom is -0.359 e. The molecule has 1 aromatic rings. The Balaban J connectivity index is 2.34.